The van der Waals surface area contributed by atoms with Gasteiger partial charge >= 0.3 is 0 Å². The lowest BCUT2D eigenvalue weighted by Crippen LogP contribution is -1.83. The predicted octanol–water partition coefficient (Wildman–Crippen LogP) is 3.00. The normalized spacial score (nSPS) is 15.7. The third-order valence-electron chi connectivity index (χ3n) is 2.79. The quantitative estimate of drug-likeness (QED) is 0.850. The molecule has 0 saturated carbocycles. The molecule has 2 aromatic rings. The highest BCUT2D eigenvalue weighted by Gasteiger charge is 2.09. The van der Waals surface area contributed by atoms with E-state index in [4.69, 9.17) is 4.74 Å². The number of H-pyrrole nitrogens is 2. The van der Waals surface area contributed by atoms with Crippen molar-refractivity contribution < 1.29 is 4.74 Å². The number of ether oxygens (including phenoxy) is 1. The van der Waals surface area contributed by atoms with Crippen molar-refractivity contribution in [2.45, 2.75) is 0 Å². The molecule has 1 aliphatic rings. The molecular formula is C14H13N3O. The van der Waals surface area contributed by atoms with E-state index >= 15 is 0 Å². The van der Waals surface area contributed by atoms with Gasteiger partial charge in [-0.1, -0.05) is 0 Å². The molecule has 0 aromatic carbocycles. The lowest BCUT2D eigenvalue weighted by Gasteiger charge is -1.97. The molecule has 3 rings (SSSR count). The van der Waals surface area contributed by atoms with Crippen molar-refractivity contribution in [2.75, 3.05) is 7.11 Å². The molecule has 4 heteroatoms. The number of rotatable bonds is 3. The lowest BCUT2D eigenvalue weighted by atomic mass is 10.3. The molecule has 0 atom stereocenters. The van der Waals surface area contributed by atoms with Crippen LogP contribution in [0.3, 0.4) is 0 Å². The summed E-state index contributed by atoms with van der Waals surface area (Å²) >= 11 is 0. The molecule has 0 radical (unpaired) electrons. The summed E-state index contributed by atoms with van der Waals surface area (Å²) in [7, 11) is 1.66. The second-order valence-electron chi connectivity index (χ2n) is 3.96. The van der Waals surface area contributed by atoms with E-state index in [0.717, 1.165) is 28.5 Å². The van der Waals surface area contributed by atoms with E-state index in [1.54, 1.807) is 13.3 Å². The molecule has 4 nitrogen and oxygen atoms in total. The van der Waals surface area contributed by atoms with Gasteiger partial charge in [0.15, 0.2) is 0 Å². The van der Waals surface area contributed by atoms with E-state index in [2.05, 4.69) is 15.0 Å². The SMILES string of the molecule is COc1cc(-c2ccc[nH]2)[nH]c1/C=C1/C=CC=N1. The second-order valence-corrected chi connectivity index (χ2v) is 3.96. The Morgan fingerprint density at radius 3 is 2.94 bits per heavy atom. The van der Waals surface area contributed by atoms with Crippen molar-refractivity contribution in [3.63, 3.8) is 0 Å². The molecule has 0 aliphatic carbocycles. The third-order valence-corrected chi connectivity index (χ3v) is 2.79. The summed E-state index contributed by atoms with van der Waals surface area (Å²) in [6.07, 6.45) is 9.49. The largest absolute Gasteiger partial charge is 0.494 e. The summed E-state index contributed by atoms with van der Waals surface area (Å²) in [5.74, 6) is 0.808. The Bertz CT molecular complexity index is 616. The molecule has 0 amide bonds. The molecule has 18 heavy (non-hydrogen) atoms. The van der Waals surface area contributed by atoms with E-state index in [1.807, 2.05) is 42.6 Å². The van der Waals surface area contributed by atoms with E-state index in [-0.39, 0.29) is 0 Å². The molecule has 0 unspecified atom stereocenters. The van der Waals surface area contributed by atoms with Crippen molar-refractivity contribution in [1.82, 2.24) is 9.97 Å². The van der Waals surface area contributed by atoms with Crippen LogP contribution in [-0.2, 0) is 0 Å². The van der Waals surface area contributed by atoms with Crippen LogP contribution < -0.4 is 4.74 Å². The summed E-state index contributed by atoms with van der Waals surface area (Å²) in [5, 5.41) is 0. The molecular weight excluding hydrogens is 226 g/mol. The first-order valence-corrected chi connectivity index (χ1v) is 5.70. The molecule has 0 spiro atoms. The fourth-order valence-corrected chi connectivity index (χ4v) is 1.92. The number of methoxy groups -OCH3 is 1. The van der Waals surface area contributed by atoms with Crippen molar-refractivity contribution in [2.24, 2.45) is 4.99 Å². The first-order valence-electron chi connectivity index (χ1n) is 5.70. The Balaban J connectivity index is 2.01. The first-order chi connectivity index (χ1) is 8.86. The Morgan fingerprint density at radius 2 is 2.28 bits per heavy atom. The molecule has 1 aliphatic heterocycles. The Kier molecular flexibility index (Phi) is 2.61. The molecule has 90 valence electrons. The van der Waals surface area contributed by atoms with E-state index in [9.17, 15) is 0 Å². The van der Waals surface area contributed by atoms with Gasteiger partial charge in [-0.25, -0.2) is 0 Å². The van der Waals surface area contributed by atoms with Gasteiger partial charge in [0.2, 0.25) is 0 Å². The number of aromatic amines is 2. The molecule has 0 fully saturated rings. The highest BCUT2D eigenvalue weighted by molar-refractivity contribution is 5.80. The van der Waals surface area contributed by atoms with Gasteiger partial charge in [-0.15, -0.1) is 0 Å². The van der Waals surface area contributed by atoms with Gasteiger partial charge in [0.05, 0.1) is 29.9 Å². The van der Waals surface area contributed by atoms with Crippen molar-refractivity contribution >= 4 is 12.3 Å². The molecule has 0 bridgehead atoms. The van der Waals surface area contributed by atoms with Gasteiger partial charge < -0.3 is 14.7 Å². The van der Waals surface area contributed by atoms with E-state index in [1.165, 1.54) is 0 Å². The van der Waals surface area contributed by atoms with Gasteiger partial charge in [0.1, 0.15) is 5.75 Å². The van der Waals surface area contributed by atoms with Crippen LogP contribution in [0.4, 0.5) is 0 Å². The van der Waals surface area contributed by atoms with Gasteiger partial charge in [0, 0.05) is 18.5 Å². The molecule has 3 heterocycles. The minimum Gasteiger partial charge on any atom is -0.494 e. The van der Waals surface area contributed by atoms with Crippen molar-refractivity contribution in [3.05, 3.63) is 47.9 Å². The number of hydrogen-bond donors (Lipinski definition) is 2. The van der Waals surface area contributed by atoms with Crippen molar-refractivity contribution in [1.29, 1.82) is 0 Å². The summed E-state index contributed by atoms with van der Waals surface area (Å²) in [6.45, 7) is 0. The Morgan fingerprint density at radius 1 is 1.33 bits per heavy atom. The number of allylic oxidation sites excluding steroid dienone is 2. The standard InChI is InChI=1S/C14H13N3O/c1-18-14-9-12(11-5-3-7-16-11)17-13(14)8-10-4-2-6-15-10/h2-9,16-17H,1H3/b10-8-. The average molecular weight is 239 g/mol. The monoisotopic (exact) mass is 239 g/mol. The molecule has 2 aromatic heterocycles. The fourth-order valence-electron chi connectivity index (χ4n) is 1.92. The van der Waals surface area contributed by atoms with Gasteiger partial charge in [-0.05, 0) is 30.4 Å². The zero-order chi connectivity index (χ0) is 12.4. The summed E-state index contributed by atoms with van der Waals surface area (Å²) in [5.41, 5.74) is 3.85. The van der Waals surface area contributed by atoms with Gasteiger partial charge in [0.25, 0.3) is 0 Å². The maximum atomic E-state index is 5.37. The van der Waals surface area contributed by atoms with Crippen LogP contribution in [0.5, 0.6) is 5.75 Å². The summed E-state index contributed by atoms with van der Waals surface area (Å²) < 4.78 is 5.37. The maximum Gasteiger partial charge on any atom is 0.144 e. The average Bonchev–Trinajstić information content (AvgIpc) is 3.10. The minimum atomic E-state index is 0.808. The predicted molar refractivity (Wildman–Crippen MR) is 72.7 cm³/mol. The van der Waals surface area contributed by atoms with Crippen molar-refractivity contribution in [3.8, 4) is 17.1 Å². The zero-order valence-electron chi connectivity index (χ0n) is 9.97. The van der Waals surface area contributed by atoms with Crippen LogP contribution >= 0.6 is 0 Å². The number of nitrogens with one attached hydrogen (secondary N) is 2. The van der Waals surface area contributed by atoms with Crippen LogP contribution in [-0.4, -0.2) is 23.3 Å². The van der Waals surface area contributed by atoms with Crippen LogP contribution in [0.15, 0.2) is 47.2 Å². The molecule has 0 saturated heterocycles. The van der Waals surface area contributed by atoms with Gasteiger partial charge in [-0.3, -0.25) is 4.99 Å². The number of aromatic nitrogens is 2. The number of hydrogen-bond acceptors (Lipinski definition) is 2. The summed E-state index contributed by atoms with van der Waals surface area (Å²) in [4.78, 5) is 10.7. The smallest absolute Gasteiger partial charge is 0.144 e. The van der Waals surface area contributed by atoms with Crippen LogP contribution in [0, 0.1) is 0 Å². The van der Waals surface area contributed by atoms with Crippen LogP contribution in [0.25, 0.3) is 17.5 Å². The van der Waals surface area contributed by atoms with E-state index in [0.29, 0.717) is 0 Å². The van der Waals surface area contributed by atoms with Gasteiger partial charge in [-0.2, -0.15) is 0 Å². The Labute approximate surface area is 105 Å². The topological polar surface area (TPSA) is 53.2 Å². The maximum absolute atomic E-state index is 5.37. The highest BCUT2D eigenvalue weighted by Crippen LogP contribution is 2.28. The Hall–Kier alpha value is -2.49. The fraction of sp³-hybridized carbons (Fsp3) is 0.0714. The minimum absolute atomic E-state index is 0.808. The van der Waals surface area contributed by atoms with Crippen LogP contribution in [0.1, 0.15) is 5.69 Å². The summed E-state index contributed by atoms with van der Waals surface area (Å²) in [6, 6.07) is 5.95. The second kappa shape index (κ2) is 4.41. The first kappa shape index (κ1) is 10.7. The zero-order valence-corrected chi connectivity index (χ0v) is 9.97. The molecule has 2 N–H and O–H groups in total. The third kappa shape index (κ3) is 1.88. The highest BCUT2D eigenvalue weighted by atomic mass is 16.5. The number of nitrogens with zero attached hydrogens (tertiary/aromatic N) is 1. The van der Waals surface area contributed by atoms with Crippen LogP contribution in [0.2, 0.25) is 0 Å². The van der Waals surface area contributed by atoms with E-state index < -0.39 is 0 Å². The number of aliphatic imine (C=N–C) groups is 1. The lowest BCUT2D eigenvalue weighted by molar-refractivity contribution is 0.414.